The standard InChI is InChI=1S/C4H10O5S.H3N/c1-3-8-4(2)9-10(5,6)7;/h4H,3H2,1-2H3,(H,5,6,7);1H3. The highest BCUT2D eigenvalue weighted by molar-refractivity contribution is 7.80. The van der Waals surface area contributed by atoms with Crippen LogP contribution in [-0.4, -0.2) is 25.9 Å². The van der Waals surface area contributed by atoms with E-state index in [0.717, 1.165) is 0 Å². The summed E-state index contributed by atoms with van der Waals surface area (Å²) in [6, 6.07) is 0. The molecule has 0 heterocycles. The van der Waals surface area contributed by atoms with E-state index in [4.69, 9.17) is 4.55 Å². The zero-order valence-corrected chi connectivity index (χ0v) is 7.30. The quantitative estimate of drug-likeness (QED) is 0.485. The van der Waals surface area contributed by atoms with Crippen molar-refractivity contribution in [3.05, 3.63) is 0 Å². The molecule has 0 radical (unpaired) electrons. The van der Waals surface area contributed by atoms with E-state index in [2.05, 4.69) is 8.92 Å². The van der Waals surface area contributed by atoms with Gasteiger partial charge in [0.25, 0.3) is 0 Å². The Kier molecular flexibility index (Phi) is 6.62. The van der Waals surface area contributed by atoms with Crippen LogP contribution in [0.3, 0.4) is 0 Å². The second-order valence-electron chi connectivity index (χ2n) is 1.55. The molecular formula is C4H13NO5S. The molecule has 0 aliphatic rings. The van der Waals surface area contributed by atoms with Gasteiger partial charge in [-0.2, -0.15) is 8.42 Å². The first-order valence-electron chi connectivity index (χ1n) is 2.73. The van der Waals surface area contributed by atoms with E-state index in [1.54, 1.807) is 6.92 Å². The van der Waals surface area contributed by atoms with Crippen molar-refractivity contribution in [3.8, 4) is 0 Å². The maximum Gasteiger partial charge on any atom is 0.399 e. The van der Waals surface area contributed by atoms with Crippen molar-refractivity contribution in [2.45, 2.75) is 20.1 Å². The molecular weight excluding hydrogens is 174 g/mol. The maximum absolute atomic E-state index is 9.97. The fourth-order valence-corrected chi connectivity index (χ4v) is 0.832. The van der Waals surface area contributed by atoms with Gasteiger partial charge in [-0.15, -0.1) is 0 Å². The molecule has 0 aromatic rings. The lowest BCUT2D eigenvalue weighted by atomic mass is 10.7. The van der Waals surface area contributed by atoms with Crippen LogP contribution in [0, 0.1) is 0 Å². The molecule has 1 atom stereocenters. The van der Waals surface area contributed by atoms with Crippen LogP contribution in [0.15, 0.2) is 0 Å². The molecule has 0 aliphatic carbocycles. The summed E-state index contributed by atoms with van der Waals surface area (Å²) in [6.45, 7) is 3.39. The van der Waals surface area contributed by atoms with E-state index in [0.29, 0.717) is 6.61 Å². The minimum atomic E-state index is -4.37. The topological polar surface area (TPSA) is 108 Å². The molecule has 0 saturated heterocycles. The molecule has 0 fully saturated rings. The monoisotopic (exact) mass is 187 g/mol. The van der Waals surface area contributed by atoms with Crippen molar-refractivity contribution in [2.75, 3.05) is 6.61 Å². The summed E-state index contributed by atoms with van der Waals surface area (Å²) in [4.78, 5) is 0. The normalized spacial score (nSPS) is 13.7. The van der Waals surface area contributed by atoms with Gasteiger partial charge in [-0.25, -0.2) is 4.18 Å². The van der Waals surface area contributed by atoms with Crippen molar-refractivity contribution >= 4 is 10.4 Å². The summed E-state index contributed by atoms with van der Waals surface area (Å²) in [7, 11) is -4.37. The van der Waals surface area contributed by atoms with Crippen molar-refractivity contribution in [3.63, 3.8) is 0 Å². The third kappa shape index (κ3) is 9.79. The molecule has 1 unspecified atom stereocenters. The number of rotatable bonds is 4. The minimum Gasteiger partial charge on any atom is -0.352 e. The first-order valence-corrected chi connectivity index (χ1v) is 4.09. The van der Waals surface area contributed by atoms with Gasteiger partial charge >= 0.3 is 10.4 Å². The van der Waals surface area contributed by atoms with Crippen molar-refractivity contribution in [1.82, 2.24) is 6.15 Å². The van der Waals surface area contributed by atoms with E-state index < -0.39 is 16.7 Å². The lowest BCUT2D eigenvalue weighted by molar-refractivity contribution is -0.0626. The van der Waals surface area contributed by atoms with Gasteiger partial charge in [0.05, 0.1) is 0 Å². The molecule has 0 aromatic carbocycles. The molecule has 0 saturated carbocycles. The predicted molar refractivity (Wildman–Crippen MR) is 38.7 cm³/mol. The molecule has 0 amide bonds. The summed E-state index contributed by atoms with van der Waals surface area (Å²) in [5, 5.41) is 0. The molecule has 4 N–H and O–H groups in total. The fraction of sp³-hybridized carbons (Fsp3) is 1.00. The van der Waals surface area contributed by atoms with Gasteiger partial charge in [-0.1, -0.05) is 0 Å². The van der Waals surface area contributed by atoms with E-state index in [9.17, 15) is 8.42 Å². The van der Waals surface area contributed by atoms with Crippen LogP contribution in [-0.2, 0) is 19.3 Å². The molecule has 0 aliphatic heterocycles. The van der Waals surface area contributed by atoms with Crippen molar-refractivity contribution in [2.24, 2.45) is 0 Å². The van der Waals surface area contributed by atoms with Crippen LogP contribution in [0.4, 0.5) is 0 Å². The second-order valence-corrected chi connectivity index (χ2v) is 2.59. The van der Waals surface area contributed by atoms with E-state index in [1.165, 1.54) is 6.92 Å². The lowest BCUT2D eigenvalue weighted by Gasteiger charge is -2.08. The Morgan fingerprint density at radius 1 is 1.55 bits per heavy atom. The molecule has 70 valence electrons. The molecule has 0 aromatic heterocycles. The Balaban J connectivity index is 0. The van der Waals surface area contributed by atoms with Crippen LogP contribution in [0.2, 0.25) is 0 Å². The van der Waals surface area contributed by atoms with Gasteiger partial charge in [-0.05, 0) is 13.8 Å². The Bertz CT molecular complexity index is 177. The first kappa shape index (κ1) is 13.4. The fourth-order valence-electron chi connectivity index (χ4n) is 0.434. The van der Waals surface area contributed by atoms with Gasteiger partial charge in [-0.3, -0.25) is 4.55 Å². The van der Waals surface area contributed by atoms with Crippen LogP contribution in [0.25, 0.3) is 0 Å². The van der Waals surface area contributed by atoms with Gasteiger partial charge in [0.15, 0.2) is 6.29 Å². The smallest absolute Gasteiger partial charge is 0.352 e. The Morgan fingerprint density at radius 2 is 2.00 bits per heavy atom. The molecule has 0 rings (SSSR count). The summed E-state index contributed by atoms with van der Waals surface area (Å²) in [5.41, 5.74) is 0. The zero-order valence-electron chi connectivity index (χ0n) is 6.48. The Morgan fingerprint density at radius 3 is 2.27 bits per heavy atom. The van der Waals surface area contributed by atoms with Gasteiger partial charge in [0.2, 0.25) is 0 Å². The summed E-state index contributed by atoms with van der Waals surface area (Å²) < 4.78 is 36.7. The molecule has 7 heteroatoms. The van der Waals surface area contributed by atoms with Crippen LogP contribution in [0.5, 0.6) is 0 Å². The average Bonchev–Trinajstić information content (AvgIpc) is 1.59. The second kappa shape index (κ2) is 5.44. The van der Waals surface area contributed by atoms with Crippen LogP contribution < -0.4 is 6.15 Å². The zero-order chi connectivity index (χ0) is 8.20. The van der Waals surface area contributed by atoms with Gasteiger partial charge in [0, 0.05) is 6.61 Å². The Hall–Kier alpha value is -0.210. The largest absolute Gasteiger partial charge is 0.399 e. The molecule has 11 heavy (non-hydrogen) atoms. The van der Waals surface area contributed by atoms with Crippen molar-refractivity contribution in [1.29, 1.82) is 0 Å². The van der Waals surface area contributed by atoms with E-state index >= 15 is 0 Å². The summed E-state index contributed by atoms with van der Waals surface area (Å²) in [5.74, 6) is 0. The van der Waals surface area contributed by atoms with E-state index in [1.807, 2.05) is 0 Å². The Labute approximate surface area is 66.0 Å². The van der Waals surface area contributed by atoms with Gasteiger partial charge in [0.1, 0.15) is 0 Å². The van der Waals surface area contributed by atoms with Crippen molar-refractivity contribution < 1.29 is 21.9 Å². The SMILES string of the molecule is CCOC(C)OS(=O)(=O)O.N. The maximum atomic E-state index is 9.97. The molecule has 0 spiro atoms. The van der Waals surface area contributed by atoms with Crippen LogP contribution >= 0.6 is 0 Å². The van der Waals surface area contributed by atoms with Crippen LogP contribution in [0.1, 0.15) is 13.8 Å². The number of hydrogen-bond donors (Lipinski definition) is 2. The number of ether oxygens (including phenoxy) is 1. The highest BCUT2D eigenvalue weighted by Gasteiger charge is 2.10. The minimum absolute atomic E-state index is 0. The number of hydrogen-bond acceptors (Lipinski definition) is 5. The van der Waals surface area contributed by atoms with E-state index in [-0.39, 0.29) is 6.15 Å². The highest BCUT2D eigenvalue weighted by atomic mass is 32.3. The lowest BCUT2D eigenvalue weighted by Crippen LogP contribution is -2.17. The third-order valence-corrected chi connectivity index (χ3v) is 1.17. The summed E-state index contributed by atoms with van der Waals surface area (Å²) in [6.07, 6.45) is -0.931. The highest BCUT2D eigenvalue weighted by Crippen LogP contribution is 1.97. The third-order valence-electron chi connectivity index (χ3n) is 0.658. The summed E-state index contributed by atoms with van der Waals surface area (Å²) >= 11 is 0. The van der Waals surface area contributed by atoms with Gasteiger partial charge < -0.3 is 10.9 Å². The predicted octanol–water partition coefficient (Wildman–Crippen LogP) is 0.350. The molecule has 0 bridgehead atoms. The average molecular weight is 187 g/mol. The molecule has 6 nitrogen and oxygen atoms in total. The first-order chi connectivity index (χ1) is 4.45.